The van der Waals surface area contributed by atoms with Gasteiger partial charge in [0.2, 0.25) is 0 Å². The molecule has 0 saturated heterocycles. The highest BCUT2D eigenvalue weighted by Gasteiger charge is 2.17. The minimum atomic E-state index is -0.408. The summed E-state index contributed by atoms with van der Waals surface area (Å²) in [6, 6.07) is 14.2. The van der Waals surface area contributed by atoms with Gasteiger partial charge in [0.25, 0.3) is 5.56 Å². The Morgan fingerprint density at radius 1 is 1.21 bits per heavy atom. The summed E-state index contributed by atoms with van der Waals surface area (Å²) in [5.41, 5.74) is 7.62. The molecule has 5 heteroatoms. The minimum absolute atomic E-state index is 0.221. The molecule has 0 amide bonds. The van der Waals surface area contributed by atoms with Crippen LogP contribution in [0, 0.1) is 11.8 Å². The largest absolute Gasteiger partial charge is 0.384 e. The number of nitrogens with two attached hydrogens (primary N) is 1. The summed E-state index contributed by atoms with van der Waals surface area (Å²) in [4.78, 5) is 17.8. The Balaban J connectivity index is 2.43. The first-order valence-electron chi connectivity index (χ1n) is 7.60. The number of aliphatic hydroxyl groups is 1. The molecule has 0 radical (unpaired) electrons. The number of hydrogen-bond acceptors (Lipinski definition) is 4. The first-order valence-corrected chi connectivity index (χ1v) is 7.60. The van der Waals surface area contributed by atoms with Crippen molar-refractivity contribution in [3.63, 3.8) is 0 Å². The van der Waals surface area contributed by atoms with E-state index in [1.165, 1.54) is 4.57 Å². The van der Waals surface area contributed by atoms with Crippen molar-refractivity contribution in [1.29, 1.82) is 0 Å². The number of nitrogens with zero attached hydrogens (tertiary/aromatic N) is 2. The van der Waals surface area contributed by atoms with Crippen LogP contribution in [-0.2, 0) is 0 Å². The van der Waals surface area contributed by atoms with Crippen LogP contribution in [0.25, 0.3) is 16.6 Å². The molecule has 0 aliphatic carbocycles. The molecule has 1 heterocycles. The number of fused-ring (bicyclic) bond motifs is 1. The molecule has 0 spiro atoms. The normalized spacial score (nSPS) is 11.8. The van der Waals surface area contributed by atoms with Crippen LogP contribution in [0.4, 0.5) is 0 Å². The second-order valence-electron chi connectivity index (χ2n) is 5.39. The zero-order valence-corrected chi connectivity index (χ0v) is 13.2. The van der Waals surface area contributed by atoms with Gasteiger partial charge in [0, 0.05) is 5.56 Å². The summed E-state index contributed by atoms with van der Waals surface area (Å²) < 4.78 is 1.52. The average Bonchev–Trinajstić information content (AvgIpc) is 2.60. The number of para-hydroxylation sites is 1. The highest BCUT2D eigenvalue weighted by molar-refractivity contribution is 5.84. The van der Waals surface area contributed by atoms with E-state index in [0.29, 0.717) is 28.0 Å². The highest BCUT2D eigenvalue weighted by Crippen LogP contribution is 2.18. The van der Waals surface area contributed by atoms with Gasteiger partial charge in [0.1, 0.15) is 12.4 Å². The lowest BCUT2D eigenvalue weighted by Gasteiger charge is -2.16. The summed E-state index contributed by atoms with van der Waals surface area (Å²) >= 11 is 0. The maximum atomic E-state index is 13.2. The van der Waals surface area contributed by atoms with E-state index in [9.17, 15) is 4.79 Å². The van der Waals surface area contributed by atoms with Gasteiger partial charge in [-0.15, -0.1) is 0 Å². The summed E-state index contributed by atoms with van der Waals surface area (Å²) in [5.74, 6) is 5.90. The Morgan fingerprint density at radius 3 is 2.62 bits per heavy atom. The van der Waals surface area contributed by atoms with Crippen molar-refractivity contribution in [1.82, 2.24) is 9.55 Å². The molecular formula is C19H17N3O2. The molecule has 3 rings (SSSR count). The smallest absolute Gasteiger partial charge is 0.267 e. The van der Waals surface area contributed by atoms with Crippen LogP contribution in [0.5, 0.6) is 0 Å². The summed E-state index contributed by atoms with van der Waals surface area (Å²) in [6.07, 6.45) is 0. The lowest BCUT2D eigenvalue weighted by molar-refractivity contribution is 0.350. The fourth-order valence-corrected chi connectivity index (χ4v) is 2.62. The van der Waals surface area contributed by atoms with E-state index in [1.807, 2.05) is 30.3 Å². The highest BCUT2D eigenvalue weighted by atomic mass is 16.2. The van der Waals surface area contributed by atoms with Crippen molar-refractivity contribution in [2.75, 3.05) is 6.61 Å². The number of aromatic nitrogens is 2. The Kier molecular flexibility index (Phi) is 4.43. The van der Waals surface area contributed by atoms with E-state index in [2.05, 4.69) is 16.8 Å². The maximum absolute atomic E-state index is 13.2. The van der Waals surface area contributed by atoms with Gasteiger partial charge in [-0.25, -0.2) is 4.98 Å². The molecule has 5 nitrogen and oxygen atoms in total. The van der Waals surface area contributed by atoms with E-state index in [4.69, 9.17) is 10.8 Å². The first-order chi connectivity index (χ1) is 11.6. The number of rotatable bonds is 2. The Bertz CT molecular complexity index is 996. The number of aliphatic hydroxyl groups excluding tert-OH is 1. The molecule has 0 fully saturated rings. The van der Waals surface area contributed by atoms with Crippen LogP contribution in [0.1, 0.15) is 24.4 Å². The molecule has 120 valence electrons. The second kappa shape index (κ2) is 6.67. The van der Waals surface area contributed by atoms with Gasteiger partial charge < -0.3 is 10.8 Å². The molecule has 3 aromatic rings. The molecule has 2 aromatic carbocycles. The van der Waals surface area contributed by atoms with Crippen molar-refractivity contribution in [3.05, 3.63) is 70.3 Å². The van der Waals surface area contributed by atoms with Crippen molar-refractivity contribution in [2.24, 2.45) is 5.73 Å². The summed E-state index contributed by atoms with van der Waals surface area (Å²) in [5, 5.41) is 9.35. The Morgan fingerprint density at radius 2 is 1.96 bits per heavy atom. The zero-order valence-electron chi connectivity index (χ0n) is 13.2. The van der Waals surface area contributed by atoms with Crippen molar-refractivity contribution >= 4 is 10.9 Å². The molecule has 0 aliphatic rings. The van der Waals surface area contributed by atoms with Gasteiger partial charge in [0.15, 0.2) is 0 Å². The molecule has 0 saturated carbocycles. The van der Waals surface area contributed by atoms with Gasteiger partial charge in [-0.2, -0.15) is 0 Å². The molecule has 3 N–H and O–H groups in total. The number of hydrogen-bond donors (Lipinski definition) is 2. The Hall–Kier alpha value is -2.94. The quantitative estimate of drug-likeness (QED) is 0.705. The van der Waals surface area contributed by atoms with Gasteiger partial charge >= 0.3 is 0 Å². The first kappa shape index (κ1) is 15.9. The summed E-state index contributed by atoms with van der Waals surface area (Å²) in [6.45, 7) is 1.52. The molecular weight excluding hydrogens is 302 g/mol. The van der Waals surface area contributed by atoms with E-state index in [0.717, 1.165) is 0 Å². The molecule has 1 atom stereocenters. The fourth-order valence-electron chi connectivity index (χ4n) is 2.62. The van der Waals surface area contributed by atoms with Gasteiger partial charge in [-0.1, -0.05) is 36.1 Å². The zero-order chi connectivity index (χ0) is 17.1. The third-order valence-electron chi connectivity index (χ3n) is 3.65. The van der Waals surface area contributed by atoms with E-state index in [1.54, 1.807) is 25.1 Å². The molecule has 0 aliphatic heterocycles. The van der Waals surface area contributed by atoms with Crippen LogP contribution in [-0.4, -0.2) is 21.3 Å². The second-order valence-corrected chi connectivity index (χ2v) is 5.39. The third kappa shape index (κ3) is 2.81. The standard InChI is InChI=1S/C19H17N3O2/c1-13(20)18-21-16-11-5-7-14(8-6-12-23)17(16)19(24)22(18)15-9-3-2-4-10-15/h2-5,7,9-11,13,23H,12,20H2,1H3/t13-/m0/s1. The monoisotopic (exact) mass is 319 g/mol. The minimum Gasteiger partial charge on any atom is -0.384 e. The topological polar surface area (TPSA) is 81.1 Å². The van der Waals surface area contributed by atoms with Crippen molar-refractivity contribution < 1.29 is 5.11 Å². The van der Waals surface area contributed by atoms with E-state index < -0.39 is 6.04 Å². The molecule has 0 unspecified atom stereocenters. The maximum Gasteiger partial charge on any atom is 0.267 e. The number of benzene rings is 2. The van der Waals surface area contributed by atoms with Crippen LogP contribution >= 0.6 is 0 Å². The molecule has 24 heavy (non-hydrogen) atoms. The fraction of sp³-hybridized carbons (Fsp3) is 0.158. The SMILES string of the molecule is C[C@H](N)c1nc2cccc(C#CCO)c2c(=O)n1-c1ccccc1. The van der Waals surface area contributed by atoms with Gasteiger partial charge in [0.05, 0.1) is 22.6 Å². The van der Waals surface area contributed by atoms with Gasteiger partial charge in [-0.05, 0) is 31.2 Å². The third-order valence-corrected chi connectivity index (χ3v) is 3.65. The van der Waals surface area contributed by atoms with Crippen LogP contribution in [0.3, 0.4) is 0 Å². The average molecular weight is 319 g/mol. The van der Waals surface area contributed by atoms with E-state index >= 15 is 0 Å². The van der Waals surface area contributed by atoms with Crippen molar-refractivity contribution in [3.8, 4) is 17.5 Å². The lowest BCUT2D eigenvalue weighted by Crippen LogP contribution is -2.27. The Labute approximate surface area is 139 Å². The predicted molar refractivity (Wildman–Crippen MR) is 93.9 cm³/mol. The van der Waals surface area contributed by atoms with Crippen LogP contribution in [0.2, 0.25) is 0 Å². The molecule has 0 bridgehead atoms. The predicted octanol–water partition coefficient (Wildman–Crippen LogP) is 1.75. The van der Waals surface area contributed by atoms with Gasteiger partial charge in [-0.3, -0.25) is 9.36 Å². The molecule has 1 aromatic heterocycles. The lowest BCUT2D eigenvalue weighted by atomic mass is 10.1. The van der Waals surface area contributed by atoms with Crippen LogP contribution < -0.4 is 11.3 Å². The van der Waals surface area contributed by atoms with Crippen molar-refractivity contribution in [2.45, 2.75) is 13.0 Å². The van der Waals surface area contributed by atoms with Crippen LogP contribution in [0.15, 0.2) is 53.3 Å². The summed E-state index contributed by atoms with van der Waals surface area (Å²) in [7, 11) is 0. The van der Waals surface area contributed by atoms with E-state index in [-0.39, 0.29) is 12.2 Å².